The molecule has 0 radical (unpaired) electrons. The number of ether oxygens (including phenoxy) is 1. The fourth-order valence-electron chi connectivity index (χ4n) is 2.99. The highest BCUT2D eigenvalue weighted by Crippen LogP contribution is 2.25. The molecule has 0 aliphatic carbocycles. The van der Waals surface area contributed by atoms with Crippen LogP contribution in [0.1, 0.15) is 23.2 Å². The van der Waals surface area contributed by atoms with Gasteiger partial charge in [-0.2, -0.15) is 0 Å². The Balaban J connectivity index is 1.76. The summed E-state index contributed by atoms with van der Waals surface area (Å²) in [5.41, 5.74) is 0.579. The molecule has 2 aliphatic rings. The van der Waals surface area contributed by atoms with Crippen LogP contribution in [0.25, 0.3) is 0 Å². The molecular weight excluding hydrogens is 300 g/mol. The molecule has 0 spiro atoms. The summed E-state index contributed by atoms with van der Waals surface area (Å²) in [5.74, 6) is 2.41. The number of carbonyl (C=O) groups excluding carboxylic acids is 2. The minimum absolute atomic E-state index is 0.0819. The van der Waals surface area contributed by atoms with Crippen molar-refractivity contribution in [1.29, 1.82) is 0 Å². The van der Waals surface area contributed by atoms with E-state index in [4.69, 9.17) is 4.74 Å². The van der Waals surface area contributed by atoms with Crippen LogP contribution >= 0.6 is 11.8 Å². The van der Waals surface area contributed by atoms with Gasteiger partial charge in [-0.1, -0.05) is 6.07 Å². The number of hydrogen-bond donors (Lipinski definition) is 0. The molecule has 1 aromatic rings. The molecule has 0 saturated carbocycles. The van der Waals surface area contributed by atoms with Crippen LogP contribution in [0, 0.1) is 0 Å². The number of nitrogens with zero attached hydrogens (tertiary/aromatic N) is 2. The van der Waals surface area contributed by atoms with Crippen molar-refractivity contribution in [2.45, 2.75) is 18.9 Å². The lowest BCUT2D eigenvalue weighted by Crippen LogP contribution is -2.47. The van der Waals surface area contributed by atoms with Gasteiger partial charge in [0, 0.05) is 24.4 Å². The van der Waals surface area contributed by atoms with E-state index in [1.165, 1.54) is 0 Å². The molecule has 0 N–H and O–H groups in total. The van der Waals surface area contributed by atoms with Gasteiger partial charge in [-0.25, -0.2) is 0 Å². The minimum atomic E-state index is -0.308. The highest BCUT2D eigenvalue weighted by Gasteiger charge is 2.37. The Morgan fingerprint density at radius 3 is 2.91 bits per heavy atom. The first-order valence-corrected chi connectivity index (χ1v) is 8.68. The van der Waals surface area contributed by atoms with Crippen LogP contribution < -0.4 is 4.74 Å². The first-order valence-electron chi connectivity index (χ1n) is 7.52. The Kier molecular flexibility index (Phi) is 4.57. The summed E-state index contributed by atoms with van der Waals surface area (Å²) in [6.07, 6.45) is 1.64. The fraction of sp³-hybridized carbons (Fsp3) is 0.500. The molecule has 2 saturated heterocycles. The van der Waals surface area contributed by atoms with Gasteiger partial charge >= 0.3 is 0 Å². The molecule has 22 heavy (non-hydrogen) atoms. The molecule has 0 unspecified atom stereocenters. The van der Waals surface area contributed by atoms with E-state index in [1.807, 2.05) is 11.0 Å². The van der Waals surface area contributed by atoms with Crippen molar-refractivity contribution in [2.75, 3.05) is 31.8 Å². The number of rotatable bonds is 3. The number of carbonyl (C=O) groups is 2. The predicted octanol–water partition coefficient (Wildman–Crippen LogP) is 1.83. The second-order valence-electron chi connectivity index (χ2n) is 5.53. The Morgan fingerprint density at radius 2 is 2.18 bits per heavy atom. The van der Waals surface area contributed by atoms with Crippen molar-refractivity contribution in [3.05, 3.63) is 29.8 Å². The van der Waals surface area contributed by atoms with Crippen molar-refractivity contribution >= 4 is 23.6 Å². The summed E-state index contributed by atoms with van der Waals surface area (Å²) in [6, 6.07) is 6.81. The Labute approximate surface area is 134 Å². The van der Waals surface area contributed by atoms with Crippen LogP contribution in [0.15, 0.2) is 24.3 Å². The van der Waals surface area contributed by atoms with E-state index in [1.54, 1.807) is 42.0 Å². The quantitative estimate of drug-likeness (QED) is 0.853. The number of hydrogen-bond acceptors (Lipinski definition) is 4. The van der Waals surface area contributed by atoms with Gasteiger partial charge in [-0.15, -0.1) is 11.8 Å². The Bertz CT molecular complexity index is 572. The van der Waals surface area contributed by atoms with Crippen LogP contribution in [0.2, 0.25) is 0 Å². The zero-order valence-electron chi connectivity index (χ0n) is 12.7. The maximum Gasteiger partial charge on any atom is 0.254 e. The molecule has 2 amide bonds. The number of thioether (sulfide) groups is 1. The van der Waals surface area contributed by atoms with E-state index >= 15 is 0 Å². The van der Waals surface area contributed by atoms with Gasteiger partial charge in [0.05, 0.1) is 13.0 Å². The van der Waals surface area contributed by atoms with Gasteiger partial charge in [-0.05, 0) is 31.0 Å². The molecule has 0 aromatic heterocycles. The molecule has 6 heteroatoms. The van der Waals surface area contributed by atoms with Crippen molar-refractivity contribution in [3.8, 4) is 5.75 Å². The molecular formula is C16H20N2O3S. The average molecular weight is 320 g/mol. The molecule has 3 rings (SSSR count). The van der Waals surface area contributed by atoms with Crippen LogP contribution in [0.3, 0.4) is 0 Å². The lowest BCUT2D eigenvalue weighted by Gasteiger charge is -2.27. The smallest absolute Gasteiger partial charge is 0.254 e. The van der Waals surface area contributed by atoms with Gasteiger partial charge in [0.25, 0.3) is 5.91 Å². The second kappa shape index (κ2) is 6.60. The van der Waals surface area contributed by atoms with Gasteiger partial charge in [0.15, 0.2) is 0 Å². The topological polar surface area (TPSA) is 49.9 Å². The van der Waals surface area contributed by atoms with Gasteiger partial charge < -0.3 is 14.5 Å². The van der Waals surface area contributed by atoms with Crippen LogP contribution in [-0.2, 0) is 4.79 Å². The fourth-order valence-corrected chi connectivity index (χ4v) is 3.94. The maximum absolute atomic E-state index is 12.7. The molecule has 2 heterocycles. The van der Waals surface area contributed by atoms with Crippen LogP contribution in [0.5, 0.6) is 5.75 Å². The number of likely N-dealkylation sites (tertiary alicyclic amines) is 1. The molecule has 118 valence electrons. The first kappa shape index (κ1) is 15.2. The maximum atomic E-state index is 12.7. The number of benzene rings is 1. The zero-order valence-corrected chi connectivity index (χ0v) is 13.5. The Hall–Kier alpha value is -1.69. The van der Waals surface area contributed by atoms with Crippen molar-refractivity contribution in [2.24, 2.45) is 0 Å². The normalized spacial score (nSPS) is 21.2. The number of methoxy groups -OCH3 is 1. The summed E-state index contributed by atoms with van der Waals surface area (Å²) in [5, 5.41) is 0. The highest BCUT2D eigenvalue weighted by atomic mass is 32.2. The largest absolute Gasteiger partial charge is 0.497 e. The van der Waals surface area contributed by atoms with E-state index in [2.05, 4.69) is 0 Å². The lowest BCUT2D eigenvalue weighted by molar-refractivity contribution is -0.133. The monoisotopic (exact) mass is 320 g/mol. The average Bonchev–Trinajstić information content (AvgIpc) is 3.24. The summed E-state index contributed by atoms with van der Waals surface area (Å²) in [4.78, 5) is 28.9. The SMILES string of the molecule is COc1cccc(C(=O)N2CCC[C@@H]2C(=O)N2CCSC2)c1. The molecule has 1 atom stereocenters. The first-order chi connectivity index (χ1) is 10.7. The third kappa shape index (κ3) is 2.92. The predicted molar refractivity (Wildman–Crippen MR) is 86.1 cm³/mol. The van der Waals surface area contributed by atoms with E-state index in [9.17, 15) is 9.59 Å². The summed E-state index contributed by atoms with van der Waals surface area (Å²) in [7, 11) is 1.58. The lowest BCUT2D eigenvalue weighted by atomic mass is 10.1. The molecule has 1 aromatic carbocycles. The summed E-state index contributed by atoms with van der Waals surface area (Å²) < 4.78 is 5.17. The highest BCUT2D eigenvalue weighted by molar-refractivity contribution is 7.99. The Morgan fingerprint density at radius 1 is 1.32 bits per heavy atom. The zero-order chi connectivity index (χ0) is 15.5. The molecule has 2 fully saturated rings. The van der Waals surface area contributed by atoms with E-state index < -0.39 is 0 Å². The standard InChI is InChI=1S/C16H20N2O3S/c1-21-13-5-2-4-12(10-13)15(19)18-7-3-6-14(18)16(20)17-8-9-22-11-17/h2,4-5,10,14H,3,6-9,11H2,1H3/t14-/m1/s1. The van der Waals surface area contributed by atoms with Gasteiger partial charge in [0.1, 0.15) is 11.8 Å². The van der Waals surface area contributed by atoms with Crippen LogP contribution in [-0.4, -0.2) is 59.5 Å². The third-order valence-electron chi connectivity index (χ3n) is 4.18. The number of amides is 2. The van der Waals surface area contributed by atoms with Crippen molar-refractivity contribution in [3.63, 3.8) is 0 Å². The summed E-state index contributed by atoms with van der Waals surface area (Å²) >= 11 is 1.77. The molecule has 5 nitrogen and oxygen atoms in total. The van der Waals surface area contributed by atoms with Crippen LogP contribution in [0.4, 0.5) is 0 Å². The molecule has 2 aliphatic heterocycles. The molecule has 0 bridgehead atoms. The van der Waals surface area contributed by atoms with E-state index in [0.717, 1.165) is 31.0 Å². The van der Waals surface area contributed by atoms with Crippen molar-refractivity contribution < 1.29 is 14.3 Å². The van der Waals surface area contributed by atoms with Gasteiger partial charge in [-0.3, -0.25) is 9.59 Å². The van der Waals surface area contributed by atoms with Crippen molar-refractivity contribution in [1.82, 2.24) is 9.80 Å². The summed E-state index contributed by atoms with van der Waals surface area (Å²) in [6.45, 7) is 1.44. The minimum Gasteiger partial charge on any atom is -0.497 e. The van der Waals surface area contributed by atoms with E-state index in [-0.39, 0.29) is 17.9 Å². The van der Waals surface area contributed by atoms with E-state index in [0.29, 0.717) is 17.9 Å². The second-order valence-corrected chi connectivity index (χ2v) is 6.60. The van der Waals surface area contributed by atoms with Gasteiger partial charge in [0.2, 0.25) is 5.91 Å². The third-order valence-corrected chi connectivity index (χ3v) is 5.15.